The SMILES string of the molecule is CC(c1ccccc1)(c1ccccc1)c1ccccc1.CCc1ccc(CO)cc1. The lowest BCUT2D eigenvalue weighted by molar-refractivity contribution is 0.282. The Bertz CT molecular complexity index is 871. The smallest absolute Gasteiger partial charge is 0.0681 e. The molecule has 0 aromatic heterocycles. The first-order chi connectivity index (χ1) is 14.7. The average Bonchev–Trinajstić information content (AvgIpc) is 2.85. The van der Waals surface area contributed by atoms with E-state index in [1.165, 1.54) is 22.3 Å². The maximum atomic E-state index is 8.70. The lowest BCUT2D eigenvalue weighted by Crippen LogP contribution is -2.25. The molecule has 4 rings (SSSR count). The van der Waals surface area contributed by atoms with E-state index in [4.69, 9.17) is 5.11 Å². The van der Waals surface area contributed by atoms with Gasteiger partial charge in [0.1, 0.15) is 0 Å². The van der Waals surface area contributed by atoms with Crippen LogP contribution in [0.3, 0.4) is 0 Å². The second-order valence-electron chi connectivity index (χ2n) is 7.55. The van der Waals surface area contributed by atoms with E-state index in [-0.39, 0.29) is 12.0 Å². The molecule has 1 nitrogen and oxygen atoms in total. The molecule has 1 heteroatoms. The molecule has 0 radical (unpaired) electrons. The molecule has 0 aliphatic heterocycles. The van der Waals surface area contributed by atoms with Crippen LogP contribution < -0.4 is 0 Å². The Labute approximate surface area is 180 Å². The molecule has 0 fully saturated rings. The zero-order valence-electron chi connectivity index (χ0n) is 17.8. The van der Waals surface area contributed by atoms with Gasteiger partial charge in [0, 0.05) is 5.41 Å². The van der Waals surface area contributed by atoms with E-state index in [0.29, 0.717) is 0 Å². The summed E-state index contributed by atoms with van der Waals surface area (Å²) in [5.74, 6) is 0. The molecule has 0 bridgehead atoms. The molecule has 152 valence electrons. The van der Waals surface area contributed by atoms with Crippen LogP contribution in [-0.2, 0) is 18.4 Å². The largest absolute Gasteiger partial charge is 0.392 e. The van der Waals surface area contributed by atoms with Crippen LogP contribution in [0.5, 0.6) is 0 Å². The van der Waals surface area contributed by atoms with Gasteiger partial charge in [0.2, 0.25) is 0 Å². The topological polar surface area (TPSA) is 20.2 Å². The van der Waals surface area contributed by atoms with Crippen molar-refractivity contribution in [2.45, 2.75) is 32.3 Å². The Kier molecular flexibility index (Phi) is 7.59. The molecule has 0 unspecified atom stereocenters. The Morgan fingerprint density at radius 3 is 1.17 bits per heavy atom. The van der Waals surface area contributed by atoms with Gasteiger partial charge in [-0.1, -0.05) is 122 Å². The summed E-state index contributed by atoms with van der Waals surface area (Å²) in [6.07, 6.45) is 1.06. The third kappa shape index (κ3) is 5.06. The van der Waals surface area contributed by atoms with Crippen molar-refractivity contribution in [1.29, 1.82) is 0 Å². The first-order valence-electron chi connectivity index (χ1n) is 10.5. The van der Waals surface area contributed by atoms with Gasteiger partial charge in [-0.15, -0.1) is 0 Å². The summed E-state index contributed by atoms with van der Waals surface area (Å²) >= 11 is 0. The number of hydrogen-bond donors (Lipinski definition) is 1. The van der Waals surface area contributed by atoms with Gasteiger partial charge in [-0.25, -0.2) is 0 Å². The zero-order valence-corrected chi connectivity index (χ0v) is 17.8. The predicted octanol–water partition coefficient (Wildman–Crippen LogP) is 6.78. The van der Waals surface area contributed by atoms with Crippen LogP contribution in [0.25, 0.3) is 0 Å². The summed E-state index contributed by atoms with van der Waals surface area (Å²) in [6, 6.07) is 40.1. The molecule has 4 aromatic rings. The minimum absolute atomic E-state index is 0.121. The summed E-state index contributed by atoms with van der Waals surface area (Å²) in [5, 5.41) is 8.70. The molecule has 0 spiro atoms. The van der Waals surface area contributed by atoms with Crippen LogP contribution in [-0.4, -0.2) is 5.11 Å². The van der Waals surface area contributed by atoms with Crippen LogP contribution in [0.15, 0.2) is 115 Å². The lowest BCUT2D eigenvalue weighted by Gasteiger charge is -2.31. The quantitative estimate of drug-likeness (QED) is 0.370. The van der Waals surface area contributed by atoms with Crippen molar-refractivity contribution in [3.05, 3.63) is 143 Å². The third-order valence-corrected chi connectivity index (χ3v) is 5.67. The number of aryl methyl sites for hydroxylation is 1. The maximum Gasteiger partial charge on any atom is 0.0681 e. The third-order valence-electron chi connectivity index (χ3n) is 5.67. The summed E-state index contributed by atoms with van der Waals surface area (Å²) in [5.41, 5.74) is 6.13. The minimum Gasteiger partial charge on any atom is -0.392 e. The molecule has 4 aromatic carbocycles. The Morgan fingerprint density at radius 2 is 0.867 bits per heavy atom. The van der Waals surface area contributed by atoms with Gasteiger partial charge in [0.05, 0.1) is 6.61 Å². The van der Waals surface area contributed by atoms with Gasteiger partial charge in [-0.05, 0) is 41.2 Å². The van der Waals surface area contributed by atoms with E-state index in [9.17, 15) is 0 Å². The first kappa shape index (κ1) is 21.5. The Hall–Kier alpha value is -3.16. The number of rotatable bonds is 5. The fourth-order valence-corrected chi connectivity index (χ4v) is 3.69. The molecule has 0 aliphatic carbocycles. The first-order valence-corrected chi connectivity index (χ1v) is 10.5. The van der Waals surface area contributed by atoms with Crippen molar-refractivity contribution < 1.29 is 5.11 Å². The van der Waals surface area contributed by atoms with Gasteiger partial charge in [0.15, 0.2) is 0 Å². The van der Waals surface area contributed by atoms with Gasteiger partial charge in [-0.2, -0.15) is 0 Å². The van der Waals surface area contributed by atoms with Crippen molar-refractivity contribution in [2.24, 2.45) is 0 Å². The summed E-state index contributed by atoms with van der Waals surface area (Å²) in [6.45, 7) is 4.56. The second kappa shape index (κ2) is 10.6. The van der Waals surface area contributed by atoms with Crippen LogP contribution in [0.4, 0.5) is 0 Å². The lowest BCUT2D eigenvalue weighted by atomic mass is 9.71. The second-order valence-corrected chi connectivity index (χ2v) is 7.55. The van der Waals surface area contributed by atoms with E-state index < -0.39 is 0 Å². The van der Waals surface area contributed by atoms with Gasteiger partial charge < -0.3 is 5.11 Å². The monoisotopic (exact) mass is 394 g/mol. The molecular formula is C29H30O. The van der Waals surface area contributed by atoms with Gasteiger partial charge in [0.25, 0.3) is 0 Å². The normalized spacial score (nSPS) is 10.8. The minimum atomic E-state index is -0.121. The summed E-state index contributed by atoms with van der Waals surface area (Å²) in [4.78, 5) is 0. The highest BCUT2D eigenvalue weighted by Crippen LogP contribution is 2.38. The molecule has 1 N–H and O–H groups in total. The number of hydrogen-bond acceptors (Lipinski definition) is 1. The number of aliphatic hydroxyl groups is 1. The fourth-order valence-electron chi connectivity index (χ4n) is 3.69. The van der Waals surface area contributed by atoms with E-state index in [1.807, 2.05) is 24.3 Å². The standard InChI is InChI=1S/C20H18.C9H12O/c1-20(17-11-5-2-6-12-17,18-13-7-3-8-14-18)19-15-9-4-10-16-19;1-2-8-3-5-9(7-10)6-4-8/h2-16H,1H3;3-6,10H,2,7H2,1H3. The van der Waals surface area contributed by atoms with E-state index in [0.717, 1.165) is 12.0 Å². The molecule has 0 amide bonds. The predicted molar refractivity (Wildman–Crippen MR) is 127 cm³/mol. The number of aliphatic hydroxyl groups excluding tert-OH is 1. The van der Waals surface area contributed by atoms with E-state index >= 15 is 0 Å². The Morgan fingerprint density at radius 1 is 0.533 bits per heavy atom. The van der Waals surface area contributed by atoms with Gasteiger partial charge >= 0.3 is 0 Å². The van der Waals surface area contributed by atoms with Crippen molar-refractivity contribution in [3.63, 3.8) is 0 Å². The highest BCUT2D eigenvalue weighted by Gasteiger charge is 2.30. The average molecular weight is 395 g/mol. The van der Waals surface area contributed by atoms with E-state index in [1.54, 1.807) is 0 Å². The fraction of sp³-hybridized carbons (Fsp3) is 0.172. The number of benzene rings is 4. The summed E-state index contributed by atoms with van der Waals surface area (Å²) < 4.78 is 0. The molecule has 30 heavy (non-hydrogen) atoms. The van der Waals surface area contributed by atoms with Crippen LogP contribution >= 0.6 is 0 Å². The molecule has 0 saturated carbocycles. The van der Waals surface area contributed by atoms with Crippen molar-refractivity contribution in [1.82, 2.24) is 0 Å². The highest BCUT2D eigenvalue weighted by atomic mass is 16.3. The van der Waals surface area contributed by atoms with Crippen LogP contribution in [0.1, 0.15) is 41.7 Å². The molecule has 0 atom stereocenters. The molecular weight excluding hydrogens is 364 g/mol. The van der Waals surface area contributed by atoms with Crippen LogP contribution in [0.2, 0.25) is 0 Å². The summed E-state index contributed by atoms with van der Waals surface area (Å²) in [7, 11) is 0. The Balaban J connectivity index is 0.000000216. The van der Waals surface area contributed by atoms with Crippen molar-refractivity contribution in [3.8, 4) is 0 Å². The highest BCUT2D eigenvalue weighted by molar-refractivity contribution is 5.49. The van der Waals surface area contributed by atoms with Crippen molar-refractivity contribution >= 4 is 0 Å². The molecule has 0 aliphatic rings. The van der Waals surface area contributed by atoms with Crippen LogP contribution in [0, 0.1) is 0 Å². The van der Waals surface area contributed by atoms with E-state index in [2.05, 4.69) is 105 Å². The van der Waals surface area contributed by atoms with Crippen molar-refractivity contribution in [2.75, 3.05) is 0 Å². The maximum absolute atomic E-state index is 8.70. The molecule has 0 heterocycles. The van der Waals surface area contributed by atoms with Gasteiger partial charge in [-0.3, -0.25) is 0 Å². The molecule has 0 saturated heterocycles. The zero-order chi connectivity index (χ0) is 21.2.